The number of aliphatic carboxylic acids is 1. The number of aliphatic hydroxyl groups is 1. The minimum Gasteiger partial charge on any atom is -0.497 e. The molecule has 2 N–H and O–H groups in total. The Balaban J connectivity index is 1.37. The second kappa shape index (κ2) is 12.7. The van der Waals surface area contributed by atoms with Gasteiger partial charge in [-0.05, 0) is 79.9 Å². The Morgan fingerprint density at radius 2 is 1.92 bits per heavy atom. The lowest BCUT2D eigenvalue weighted by molar-refractivity contribution is -0.140. The number of aromatic nitrogens is 1. The van der Waals surface area contributed by atoms with Crippen LogP contribution in [0.5, 0.6) is 11.5 Å². The molecule has 0 amide bonds. The van der Waals surface area contributed by atoms with Gasteiger partial charge in [0.05, 0.1) is 25.7 Å². The Labute approximate surface area is 225 Å². The van der Waals surface area contributed by atoms with Crippen LogP contribution in [0.4, 0.5) is 13.2 Å². The third-order valence-electron chi connectivity index (χ3n) is 7.65. The Bertz CT molecular complexity index is 1310. The minimum absolute atomic E-state index is 0.0499. The number of hydrogen-bond donors (Lipinski definition) is 2. The first-order valence-electron chi connectivity index (χ1n) is 13.0. The number of halogens is 3. The normalized spacial score (nSPS) is 15.4. The number of likely N-dealkylation sites (tertiary alicyclic amines) is 1. The van der Waals surface area contributed by atoms with Gasteiger partial charge in [0.25, 0.3) is 0 Å². The predicted molar refractivity (Wildman–Crippen MR) is 139 cm³/mol. The molecule has 0 atom stereocenters. The maximum atomic E-state index is 13.8. The number of ether oxygens (including phenoxy) is 2. The topological polar surface area (TPSA) is 92.1 Å². The van der Waals surface area contributed by atoms with Gasteiger partial charge in [-0.25, -0.2) is 8.78 Å². The number of aryl methyl sites for hydroxylation is 1. The number of carboxylic acids is 1. The van der Waals surface area contributed by atoms with Gasteiger partial charge in [0.2, 0.25) is 5.82 Å². The van der Waals surface area contributed by atoms with Crippen molar-refractivity contribution < 1.29 is 37.7 Å². The number of benzene rings is 2. The number of carbonyl (C=O) groups is 1. The minimum atomic E-state index is -1.30. The summed E-state index contributed by atoms with van der Waals surface area (Å²) in [6.07, 6.45) is 5.18. The molecule has 1 fully saturated rings. The van der Waals surface area contributed by atoms with Gasteiger partial charge < -0.3 is 19.7 Å². The molecule has 10 heteroatoms. The third-order valence-corrected chi connectivity index (χ3v) is 7.65. The summed E-state index contributed by atoms with van der Waals surface area (Å²) >= 11 is 0. The highest BCUT2D eigenvalue weighted by molar-refractivity contribution is 5.84. The zero-order valence-corrected chi connectivity index (χ0v) is 21.9. The molecule has 0 saturated carbocycles. The molecule has 39 heavy (non-hydrogen) atoms. The van der Waals surface area contributed by atoms with E-state index in [1.807, 2.05) is 18.2 Å². The predicted octanol–water partition coefficient (Wildman–Crippen LogP) is 5.11. The number of carboxylic acid groups (broad SMARTS) is 1. The van der Waals surface area contributed by atoms with Gasteiger partial charge in [-0.1, -0.05) is 0 Å². The van der Waals surface area contributed by atoms with Crippen LogP contribution in [0.2, 0.25) is 0 Å². The van der Waals surface area contributed by atoms with Crippen molar-refractivity contribution >= 4 is 16.9 Å². The zero-order chi connectivity index (χ0) is 28.0. The monoisotopic (exact) mass is 546 g/mol. The number of hydrogen-bond acceptors (Lipinski definition) is 6. The summed E-state index contributed by atoms with van der Waals surface area (Å²) in [6.45, 7) is 1.60. The van der Waals surface area contributed by atoms with Crippen LogP contribution in [0.1, 0.15) is 43.2 Å². The molecular weight excluding hydrogens is 513 g/mol. The highest BCUT2D eigenvalue weighted by atomic mass is 19.2. The average molecular weight is 547 g/mol. The van der Waals surface area contributed by atoms with Crippen molar-refractivity contribution in [2.45, 2.75) is 45.1 Å². The van der Waals surface area contributed by atoms with E-state index in [4.69, 9.17) is 9.47 Å². The molecule has 1 aliphatic rings. The summed E-state index contributed by atoms with van der Waals surface area (Å²) < 4.78 is 51.2. The fraction of sp³-hybridized carbons (Fsp3) is 0.448. The average Bonchev–Trinajstić information content (AvgIpc) is 2.91. The molecule has 0 unspecified atom stereocenters. The van der Waals surface area contributed by atoms with Crippen LogP contribution in [-0.4, -0.2) is 59.4 Å². The van der Waals surface area contributed by atoms with Crippen molar-refractivity contribution in [3.63, 3.8) is 0 Å². The van der Waals surface area contributed by atoms with Gasteiger partial charge in [0.1, 0.15) is 18.2 Å². The molecule has 3 aromatic rings. The molecule has 1 aliphatic heterocycles. The first kappa shape index (κ1) is 28.6. The number of rotatable bonds is 12. The summed E-state index contributed by atoms with van der Waals surface area (Å²) in [4.78, 5) is 18.3. The molecule has 2 heterocycles. The second-order valence-corrected chi connectivity index (χ2v) is 10.1. The molecule has 0 radical (unpaired) electrons. The van der Waals surface area contributed by atoms with E-state index in [-0.39, 0.29) is 25.0 Å². The van der Waals surface area contributed by atoms with Crippen LogP contribution in [-0.2, 0) is 17.8 Å². The molecule has 0 bridgehead atoms. The van der Waals surface area contributed by atoms with E-state index in [1.165, 1.54) is 0 Å². The molecule has 1 saturated heterocycles. The molecule has 2 aromatic carbocycles. The molecular formula is C29H33F3N2O5. The van der Waals surface area contributed by atoms with Crippen molar-refractivity contribution in [2.75, 3.05) is 33.4 Å². The molecule has 0 spiro atoms. The van der Waals surface area contributed by atoms with Crippen molar-refractivity contribution in [1.29, 1.82) is 0 Å². The molecule has 0 aliphatic carbocycles. The zero-order valence-electron chi connectivity index (χ0n) is 21.9. The van der Waals surface area contributed by atoms with E-state index in [1.54, 1.807) is 13.3 Å². The number of piperidine rings is 1. The van der Waals surface area contributed by atoms with Gasteiger partial charge >= 0.3 is 5.97 Å². The van der Waals surface area contributed by atoms with Gasteiger partial charge in [-0.15, -0.1) is 0 Å². The Kier molecular flexibility index (Phi) is 9.29. The maximum absolute atomic E-state index is 13.8. The first-order chi connectivity index (χ1) is 18.7. The summed E-state index contributed by atoms with van der Waals surface area (Å²) in [5, 5.41) is 20.5. The molecule has 1 aromatic heterocycles. The number of pyridine rings is 1. The summed E-state index contributed by atoms with van der Waals surface area (Å²) in [6, 6.07) is 6.91. The van der Waals surface area contributed by atoms with Crippen molar-refractivity contribution in [2.24, 2.45) is 5.41 Å². The van der Waals surface area contributed by atoms with Crippen LogP contribution in [0.25, 0.3) is 10.9 Å². The van der Waals surface area contributed by atoms with Gasteiger partial charge in [0.15, 0.2) is 11.6 Å². The summed E-state index contributed by atoms with van der Waals surface area (Å²) in [5.41, 5.74) is 2.16. The standard InChI is InChI=1S/C29H33F3N2O5/c1-38-21-4-5-25-23(15-21)22(19(18-35)17-33-25)3-2-6-29(16-27(36)37)7-9-34(10-8-29)11-12-39-26-14-20(30)13-24(31)28(26)32/h4-5,13-15,17,35H,2-3,6-12,16,18H2,1H3,(H,36,37). The van der Waals surface area contributed by atoms with E-state index in [2.05, 4.69) is 9.88 Å². The number of aliphatic hydroxyl groups excluding tert-OH is 1. The number of methoxy groups -OCH3 is 1. The number of nitrogens with zero attached hydrogens (tertiary/aromatic N) is 2. The van der Waals surface area contributed by atoms with Crippen LogP contribution in [0.15, 0.2) is 36.5 Å². The van der Waals surface area contributed by atoms with E-state index >= 15 is 0 Å². The maximum Gasteiger partial charge on any atom is 0.303 e. The Morgan fingerprint density at radius 1 is 1.15 bits per heavy atom. The lowest BCUT2D eigenvalue weighted by atomic mass is 9.72. The van der Waals surface area contributed by atoms with Crippen LogP contribution < -0.4 is 9.47 Å². The largest absolute Gasteiger partial charge is 0.497 e. The fourth-order valence-corrected chi connectivity index (χ4v) is 5.48. The summed E-state index contributed by atoms with van der Waals surface area (Å²) in [5.74, 6) is -4.04. The van der Waals surface area contributed by atoms with Gasteiger partial charge in [0, 0.05) is 30.3 Å². The van der Waals surface area contributed by atoms with E-state index < -0.39 is 29.2 Å². The van der Waals surface area contributed by atoms with E-state index in [9.17, 15) is 28.2 Å². The molecule has 4 rings (SSSR count). The van der Waals surface area contributed by atoms with E-state index in [0.29, 0.717) is 57.1 Å². The fourth-order valence-electron chi connectivity index (χ4n) is 5.48. The second-order valence-electron chi connectivity index (χ2n) is 10.1. The van der Waals surface area contributed by atoms with Crippen molar-refractivity contribution in [3.8, 4) is 11.5 Å². The number of fused-ring (bicyclic) bond motifs is 1. The molecule has 210 valence electrons. The Morgan fingerprint density at radius 3 is 2.62 bits per heavy atom. The highest BCUT2D eigenvalue weighted by Crippen LogP contribution is 2.40. The van der Waals surface area contributed by atoms with E-state index in [0.717, 1.165) is 34.5 Å². The van der Waals surface area contributed by atoms with Crippen LogP contribution in [0, 0.1) is 22.9 Å². The lowest BCUT2D eigenvalue weighted by Crippen LogP contribution is -2.42. The van der Waals surface area contributed by atoms with Gasteiger partial charge in [-0.3, -0.25) is 14.7 Å². The molecule has 7 nitrogen and oxygen atoms in total. The van der Waals surface area contributed by atoms with Gasteiger partial charge in [-0.2, -0.15) is 4.39 Å². The smallest absolute Gasteiger partial charge is 0.303 e. The lowest BCUT2D eigenvalue weighted by Gasteiger charge is -2.41. The highest BCUT2D eigenvalue weighted by Gasteiger charge is 2.36. The van der Waals surface area contributed by atoms with Crippen LogP contribution >= 0.6 is 0 Å². The van der Waals surface area contributed by atoms with Crippen molar-refractivity contribution in [3.05, 3.63) is 65.1 Å². The van der Waals surface area contributed by atoms with Crippen molar-refractivity contribution in [1.82, 2.24) is 9.88 Å². The Hall–Kier alpha value is -3.37. The van der Waals surface area contributed by atoms with Crippen LogP contribution in [0.3, 0.4) is 0 Å². The quantitative estimate of drug-likeness (QED) is 0.305. The third kappa shape index (κ3) is 6.99. The SMILES string of the molecule is COc1ccc2ncc(CO)c(CCCC3(CC(=O)O)CCN(CCOc4cc(F)cc(F)c4F)CC3)c2c1. The summed E-state index contributed by atoms with van der Waals surface area (Å²) in [7, 11) is 1.60. The first-order valence-corrected chi connectivity index (χ1v) is 13.0.